The van der Waals surface area contributed by atoms with Crippen LogP contribution in [0.2, 0.25) is 0 Å². The molecule has 0 aliphatic carbocycles. The predicted molar refractivity (Wildman–Crippen MR) is 52.1 cm³/mol. The SMILES string of the molecule is CC/C=C/C1=C(Br)C(C)(O)OC1=O. The van der Waals surface area contributed by atoms with Gasteiger partial charge < -0.3 is 9.84 Å². The third-order valence-corrected chi connectivity index (χ3v) is 2.84. The standard InChI is InChI=1S/C9H11BrO3/c1-3-4-5-6-7(10)9(2,12)13-8(6)11/h4-5,12H,3H2,1-2H3/b5-4+. The maximum Gasteiger partial charge on any atom is 0.341 e. The summed E-state index contributed by atoms with van der Waals surface area (Å²) < 4.78 is 5.10. The van der Waals surface area contributed by atoms with Crippen LogP contribution in [0.5, 0.6) is 0 Å². The summed E-state index contributed by atoms with van der Waals surface area (Å²) in [6.45, 7) is 3.38. The van der Waals surface area contributed by atoms with Crippen LogP contribution in [-0.4, -0.2) is 16.9 Å². The molecule has 0 bridgehead atoms. The van der Waals surface area contributed by atoms with Crippen molar-refractivity contribution < 1.29 is 14.6 Å². The lowest BCUT2D eigenvalue weighted by molar-refractivity contribution is -0.173. The third kappa shape index (κ3) is 2.00. The number of allylic oxidation sites excluding steroid dienone is 1. The average molecular weight is 247 g/mol. The molecule has 3 nitrogen and oxygen atoms in total. The summed E-state index contributed by atoms with van der Waals surface area (Å²) in [5.41, 5.74) is 0.381. The van der Waals surface area contributed by atoms with Crippen LogP contribution in [-0.2, 0) is 9.53 Å². The minimum absolute atomic E-state index is 0.381. The highest BCUT2D eigenvalue weighted by Gasteiger charge is 2.40. The van der Waals surface area contributed by atoms with Crippen molar-refractivity contribution in [1.82, 2.24) is 0 Å². The Morgan fingerprint density at radius 1 is 1.69 bits per heavy atom. The zero-order valence-electron chi connectivity index (χ0n) is 7.50. The number of rotatable bonds is 2. The van der Waals surface area contributed by atoms with E-state index in [9.17, 15) is 9.90 Å². The molecule has 13 heavy (non-hydrogen) atoms. The number of cyclic esters (lactones) is 1. The molecule has 0 aromatic rings. The van der Waals surface area contributed by atoms with E-state index < -0.39 is 11.8 Å². The first-order chi connectivity index (χ1) is 5.99. The molecule has 1 unspecified atom stereocenters. The second-order valence-electron chi connectivity index (χ2n) is 2.91. The minimum Gasteiger partial charge on any atom is -0.425 e. The van der Waals surface area contributed by atoms with Gasteiger partial charge in [-0.2, -0.15) is 0 Å². The van der Waals surface area contributed by atoms with Gasteiger partial charge in [0.1, 0.15) is 0 Å². The summed E-state index contributed by atoms with van der Waals surface area (Å²) in [5.74, 6) is -2.01. The highest BCUT2D eigenvalue weighted by atomic mass is 79.9. The molecule has 0 spiro atoms. The number of carbonyl (C=O) groups is 1. The van der Waals surface area contributed by atoms with E-state index in [1.807, 2.05) is 13.0 Å². The monoisotopic (exact) mass is 246 g/mol. The molecule has 1 heterocycles. The fraction of sp³-hybridized carbons (Fsp3) is 0.444. The van der Waals surface area contributed by atoms with E-state index in [1.54, 1.807) is 6.08 Å². The molecule has 0 fully saturated rings. The Hall–Kier alpha value is -0.610. The van der Waals surface area contributed by atoms with E-state index in [-0.39, 0.29) is 0 Å². The predicted octanol–water partition coefficient (Wildman–Crippen LogP) is 1.87. The first-order valence-corrected chi connectivity index (χ1v) is 4.81. The summed E-state index contributed by atoms with van der Waals surface area (Å²) >= 11 is 3.13. The quantitative estimate of drug-likeness (QED) is 0.757. The van der Waals surface area contributed by atoms with Gasteiger partial charge in [0.25, 0.3) is 0 Å². The van der Waals surface area contributed by atoms with Gasteiger partial charge in [-0.05, 0) is 22.4 Å². The van der Waals surface area contributed by atoms with Crippen molar-refractivity contribution in [3.8, 4) is 0 Å². The van der Waals surface area contributed by atoms with Crippen LogP contribution in [0.1, 0.15) is 20.3 Å². The molecular weight excluding hydrogens is 236 g/mol. The van der Waals surface area contributed by atoms with Crippen LogP contribution in [0.15, 0.2) is 22.2 Å². The summed E-state index contributed by atoms with van der Waals surface area (Å²) in [7, 11) is 0. The maximum absolute atomic E-state index is 11.2. The summed E-state index contributed by atoms with van der Waals surface area (Å²) in [5, 5.41) is 9.52. The molecule has 0 saturated carbocycles. The van der Waals surface area contributed by atoms with Crippen LogP contribution in [0, 0.1) is 0 Å². The van der Waals surface area contributed by atoms with Crippen molar-refractivity contribution in [3.63, 3.8) is 0 Å². The van der Waals surface area contributed by atoms with Crippen molar-refractivity contribution in [2.24, 2.45) is 0 Å². The van der Waals surface area contributed by atoms with Gasteiger partial charge in [-0.1, -0.05) is 19.1 Å². The van der Waals surface area contributed by atoms with Crippen molar-refractivity contribution in [2.75, 3.05) is 0 Å². The molecule has 1 aliphatic rings. The molecule has 1 rings (SSSR count). The van der Waals surface area contributed by atoms with Crippen molar-refractivity contribution in [3.05, 3.63) is 22.2 Å². The van der Waals surface area contributed by atoms with Gasteiger partial charge in [-0.3, -0.25) is 0 Å². The second kappa shape index (κ2) is 3.64. The van der Waals surface area contributed by atoms with E-state index in [0.717, 1.165) is 6.42 Å². The van der Waals surface area contributed by atoms with Crippen LogP contribution < -0.4 is 0 Å². The molecule has 0 radical (unpaired) electrons. The minimum atomic E-state index is -1.51. The number of hydrogen-bond acceptors (Lipinski definition) is 3. The molecule has 72 valence electrons. The summed E-state index contributed by atoms with van der Waals surface area (Å²) in [6.07, 6.45) is 4.31. The molecule has 0 aromatic carbocycles. The second-order valence-corrected chi connectivity index (χ2v) is 3.70. The highest BCUT2D eigenvalue weighted by molar-refractivity contribution is 9.11. The first-order valence-electron chi connectivity index (χ1n) is 4.01. The van der Waals surface area contributed by atoms with Gasteiger partial charge in [-0.25, -0.2) is 4.79 Å². The number of ether oxygens (including phenoxy) is 1. The number of hydrogen-bond donors (Lipinski definition) is 1. The molecule has 1 atom stereocenters. The van der Waals surface area contributed by atoms with E-state index in [2.05, 4.69) is 15.9 Å². The Labute approximate surface area is 85.2 Å². The van der Waals surface area contributed by atoms with Crippen molar-refractivity contribution in [2.45, 2.75) is 26.1 Å². The highest BCUT2D eigenvalue weighted by Crippen LogP contribution is 2.35. The van der Waals surface area contributed by atoms with Crippen LogP contribution in [0.4, 0.5) is 0 Å². The van der Waals surface area contributed by atoms with E-state index in [4.69, 9.17) is 4.74 Å². The zero-order chi connectivity index (χ0) is 10.1. The van der Waals surface area contributed by atoms with Crippen molar-refractivity contribution in [1.29, 1.82) is 0 Å². The fourth-order valence-corrected chi connectivity index (χ4v) is 1.37. The lowest BCUT2D eigenvalue weighted by Crippen LogP contribution is -2.24. The zero-order valence-corrected chi connectivity index (χ0v) is 9.09. The average Bonchev–Trinajstić information content (AvgIpc) is 2.21. The molecule has 1 aliphatic heterocycles. The lowest BCUT2D eigenvalue weighted by atomic mass is 10.2. The Morgan fingerprint density at radius 3 is 2.69 bits per heavy atom. The molecule has 4 heteroatoms. The first kappa shape index (κ1) is 10.5. The maximum atomic E-state index is 11.2. The van der Waals surface area contributed by atoms with Gasteiger partial charge in [0.2, 0.25) is 5.79 Å². The van der Waals surface area contributed by atoms with Gasteiger partial charge in [0, 0.05) is 6.92 Å². The summed E-state index contributed by atoms with van der Waals surface area (Å²) in [4.78, 5) is 11.2. The number of halogens is 1. The topological polar surface area (TPSA) is 46.5 Å². The Balaban J connectivity index is 2.99. The molecule has 0 amide bonds. The fourth-order valence-electron chi connectivity index (χ4n) is 0.997. The van der Waals surface area contributed by atoms with E-state index >= 15 is 0 Å². The molecular formula is C9H11BrO3. The van der Waals surface area contributed by atoms with Crippen LogP contribution in [0.3, 0.4) is 0 Å². The molecule has 0 saturated heterocycles. The van der Waals surface area contributed by atoms with Crippen LogP contribution >= 0.6 is 15.9 Å². The van der Waals surface area contributed by atoms with Crippen LogP contribution in [0.25, 0.3) is 0 Å². The lowest BCUT2D eigenvalue weighted by Gasteiger charge is -2.14. The number of carbonyl (C=O) groups excluding carboxylic acids is 1. The molecule has 1 N–H and O–H groups in total. The van der Waals surface area contributed by atoms with Gasteiger partial charge in [0.05, 0.1) is 10.1 Å². The van der Waals surface area contributed by atoms with E-state index in [0.29, 0.717) is 10.1 Å². The van der Waals surface area contributed by atoms with Gasteiger partial charge in [0.15, 0.2) is 0 Å². The Morgan fingerprint density at radius 2 is 2.31 bits per heavy atom. The smallest absolute Gasteiger partial charge is 0.341 e. The Bertz CT molecular complexity index is 289. The Kier molecular flexibility index (Phi) is 2.93. The van der Waals surface area contributed by atoms with Gasteiger partial charge in [-0.15, -0.1) is 0 Å². The number of aliphatic hydroxyl groups is 1. The van der Waals surface area contributed by atoms with Gasteiger partial charge >= 0.3 is 5.97 Å². The van der Waals surface area contributed by atoms with E-state index in [1.165, 1.54) is 6.92 Å². The normalized spacial score (nSPS) is 28.8. The third-order valence-electron chi connectivity index (χ3n) is 1.68. The number of esters is 1. The molecule has 0 aromatic heterocycles. The largest absolute Gasteiger partial charge is 0.425 e. The van der Waals surface area contributed by atoms with Crippen molar-refractivity contribution >= 4 is 21.9 Å². The summed E-state index contributed by atoms with van der Waals surface area (Å²) in [6, 6.07) is 0.